The minimum Gasteiger partial charge on any atom is -0.337 e. The first kappa shape index (κ1) is 16.8. The first-order valence-electron chi connectivity index (χ1n) is 7.93. The van der Waals surface area contributed by atoms with Crippen LogP contribution in [0.1, 0.15) is 12.5 Å². The van der Waals surface area contributed by atoms with Crippen LogP contribution in [-0.4, -0.2) is 32.3 Å². The van der Waals surface area contributed by atoms with Gasteiger partial charge in [0.1, 0.15) is 17.9 Å². The number of rotatable bonds is 5. The molecular weight excluding hydrogens is 323 g/mol. The van der Waals surface area contributed by atoms with Gasteiger partial charge >= 0.3 is 0 Å². The third-order valence-electron chi connectivity index (χ3n) is 3.91. The van der Waals surface area contributed by atoms with Crippen LogP contribution < -0.4 is 5.56 Å². The summed E-state index contributed by atoms with van der Waals surface area (Å²) in [5.74, 6) is -0.629. The van der Waals surface area contributed by atoms with Crippen LogP contribution in [0, 0.1) is 5.82 Å². The number of aromatic nitrogens is 3. The normalized spacial score (nSPS) is 10.8. The number of amides is 1. The number of carbonyl (C=O) groups is 1. The lowest BCUT2D eigenvalue weighted by atomic mass is 10.2. The molecule has 0 radical (unpaired) electrons. The molecule has 0 N–H and O–H groups in total. The molecule has 2 aromatic carbocycles. The predicted octanol–water partition coefficient (Wildman–Crippen LogP) is 1.98. The van der Waals surface area contributed by atoms with E-state index in [0.717, 1.165) is 4.68 Å². The molecule has 0 aliphatic heterocycles. The third kappa shape index (κ3) is 3.71. The summed E-state index contributed by atoms with van der Waals surface area (Å²) in [6.07, 6.45) is 0. The van der Waals surface area contributed by atoms with Crippen LogP contribution in [-0.2, 0) is 17.9 Å². The molecule has 3 rings (SSSR count). The van der Waals surface area contributed by atoms with Crippen molar-refractivity contribution in [3.63, 3.8) is 0 Å². The zero-order valence-electron chi connectivity index (χ0n) is 13.7. The summed E-state index contributed by atoms with van der Waals surface area (Å²) in [6, 6.07) is 12.9. The molecule has 3 aromatic rings. The van der Waals surface area contributed by atoms with Crippen LogP contribution >= 0.6 is 0 Å². The Kier molecular flexibility index (Phi) is 4.83. The number of likely N-dealkylation sites (N-methyl/N-ethyl adjacent to an activating group) is 1. The highest BCUT2D eigenvalue weighted by molar-refractivity contribution is 5.78. The molecule has 7 heteroatoms. The average Bonchev–Trinajstić information content (AvgIpc) is 2.62. The maximum Gasteiger partial charge on any atom is 0.278 e. The van der Waals surface area contributed by atoms with E-state index in [4.69, 9.17) is 0 Å². The Bertz CT molecular complexity index is 970. The van der Waals surface area contributed by atoms with Gasteiger partial charge in [-0.2, -0.15) is 0 Å². The van der Waals surface area contributed by atoms with Gasteiger partial charge in [-0.1, -0.05) is 29.5 Å². The fourth-order valence-electron chi connectivity index (χ4n) is 2.59. The third-order valence-corrected chi connectivity index (χ3v) is 3.91. The van der Waals surface area contributed by atoms with Gasteiger partial charge in [0.15, 0.2) is 0 Å². The molecule has 128 valence electrons. The van der Waals surface area contributed by atoms with E-state index in [2.05, 4.69) is 10.3 Å². The molecule has 1 heterocycles. The van der Waals surface area contributed by atoms with Crippen LogP contribution in [0.25, 0.3) is 10.9 Å². The Hall–Kier alpha value is -3.09. The first-order chi connectivity index (χ1) is 12.1. The smallest absolute Gasteiger partial charge is 0.278 e. The second kappa shape index (κ2) is 7.21. The predicted molar refractivity (Wildman–Crippen MR) is 91.3 cm³/mol. The summed E-state index contributed by atoms with van der Waals surface area (Å²) >= 11 is 0. The summed E-state index contributed by atoms with van der Waals surface area (Å²) in [4.78, 5) is 26.5. The van der Waals surface area contributed by atoms with Crippen LogP contribution in [0.15, 0.2) is 53.3 Å². The van der Waals surface area contributed by atoms with Gasteiger partial charge in [0.25, 0.3) is 5.56 Å². The van der Waals surface area contributed by atoms with Crippen LogP contribution in [0.3, 0.4) is 0 Å². The van der Waals surface area contributed by atoms with Crippen LogP contribution in [0.2, 0.25) is 0 Å². The van der Waals surface area contributed by atoms with Crippen molar-refractivity contribution in [3.05, 3.63) is 70.3 Å². The molecule has 0 aliphatic rings. The van der Waals surface area contributed by atoms with Gasteiger partial charge < -0.3 is 4.90 Å². The Labute approximate surface area is 143 Å². The second-order valence-corrected chi connectivity index (χ2v) is 5.61. The molecule has 0 atom stereocenters. The highest BCUT2D eigenvalue weighted by atomic mass is 19.1. The Morgan fingerprint density at radius 1 is 1.20 bits per heavy atom. The van der Waals surface area contributed by atoms with Gasteiger partial charge in [-0.25, -0.2) is 9.07 Å². The van der Waals surface area contributed by atoms with Gasteiger partial charge in [0.2, 0.25) is 5.91 Å². The molecule has 0 saturated heterocycles. The molecule has 0 saturated carbocycles. The van der Waals surface area contributed by atoms with E-state index in [-0.39, 0.29) is 30.4 Å². The molecule has 25 heavy (non-hydrogen) atoms. The van der Waals surface area contributed by atoms with Crippen molar-refractivity contribution in [1.29, 1.82) is 0 Å². The number of carbonyl (C=O) groups excluding carboxylic acids is 1. The number of hydrogen-bond acceptors (Lipinski definition) is 4. The van der Waals surface area contributed by atoms with E-state index in [1.807, 2.05) is 6.92 Å². The maximum atomic E-state index is 13.3. The minimum atomic E-state index is -0.360. The largest absolute Gasteiger partial charge is 0.337 e. The monoisotopic (exact) mass is 340 g/mol. The second-order valence-electron chi connectivity index (χ2n) is 5.61. The Morgan fingerprint density at radius 3 is 2.76 bits per heavy atom. The fraction of sp³-hybridized carbons (Fsp3) is 0.222. The summed E-state index contributed by atoms with van der Waals surface area (Å²) in [6.45, 7) is 2.32. The quantitative estimate of drug-likeness (QED) is 0.712. The van der Waals surface area contributed by atoms with Crippen molar-refractivity contribution in [2.45, 2.75) is 20.0 Å². The van der Waals surface area contributed by atoms with E-state index in [1.165, 1.54) is 17.0 Å². The minimum absolute atomic E-state index is 0.209. The van der Waals surface area contributed by atoms with Gasteiger partial charge in [-0.05, 0) is 36.8 Å². The van der Waals surface area contributed by atoms with Crippen molar-refractivity contribution in [2.75, 3.05) is 6.54 Å². The number of hydrogen-bond donors (Lipinski definition) is 0. The number of fused-ring (bicyclic) bond motifs is 1. The Balaban J connectivity index is 1.80. The first-order valence-corrected chi connectivity index (χ1v) is 7.93. The van der Waals surface area contributed by atoms with Crippen molar-refractivity contribution < 1.29 is 9.18 Å². The maximum absolute atomic E-state index is 13.3. The van der Waals surface area contributed by atoms with Gasteiger partial charge in [-0.3, -0.25) is 9.59 Å². The lowest BCUT2D eigenvalue weighted by Gasteiger charge is -2.21. The zero-order chi connectivity index (χ0) is 17.8. The molecule has 1 aromatic heterocycles. The molecule has 0 unspecified atom stereocenters. The topological polar surface area (TPSA) is 68.1 Å². The number of halogens is 1. The van der Waals surface area contributed by atoms with Gasteiger partial charge in [-0.15, -0.1) is 5.10 Å². The highest BCUT2D eigenvalue weighted by Crippen LogP contribution is 2.08. The lowest BCUT2D eigenvalue weighted by Crippen LogP contribution is -2.37. The van der Waals surface area contributed by atoms with E-state index in [9.17, 15) is 14.0 Å². The standard InChI is InChI=1S/C18H17FN4O2/c1-2-22(11-13-6-5-7-14(19)10-13)17(24)12-23-18(25)15-8-3-4-9-16(15)20-21-23/h3-10H,2,11-12H2,1H3. The van der Waals surface area contributed by atoms with Gasteiger partial charge in [0.05, 0.1) is 5.39 Å². The molecule has 0 spiro atoms. The van der Waals surface area contributed by atoms with Crippen molar-refractivity contribution in [3.8, 4) is 0 Å². The lowest BCUT2D eigenvalue weighted by molar-refractivity contribution is -0.132. The molecule has 0 aliphatic carbocycles. The van der Waals surface area contributed by atoms with Crippen LogP contribution in [0.5, 0.6) is 0 Å². The number of benzene rings is 2. The summed E-state index contributed by atoms with van der Waals surface area (Å²) in [5, 5.41) is 8.21. The van der Waals surface area contributed by atoms with E-state index < -0.39 is 0 Å². The SMILES string of the molecule is CCN(Cc1cccc(F)c1)C(=O)Cn1nnc2ccccc2c1=O. The van der Waals surface area contributed by atoms with Crippen molar-refractivity contribution >= 4 is 16.8 Å². The summed E-state index contributed by atoms with van der Waals surface area (Å²) in [5.41, 5.74) is 0.816. The highest BCUT2D eigenvalue weighted by Gasteiger charge is 2.15. The van der Waals surface area contributed by atoms with E-state index >= 15 is 0 Å². The molecule has 0 fully saturated rings. The van der Waals surface area contributed by atoms with Crippen molar-refractivity contribution in [2.24, 2.45) is 0 Å². The molecule has 6 nitrogen and oxygen atoms in total. The molecular formula is C18H17FN4O2. The molecule has 0 bridgehead atoms. The van der Waals surface area contributed by atoms with Crippen LogP contribution in [0.4, 0.5) is 4.39 Å². The van der Waals surface area contributed by atoms with Crippen molar-refractivity contribution in [1.82, 2.24) is 19.9 Å². The van der Waals surface area contributed by atoms with E-state index in [0.29, 0.717) is 23.0 Å². The van der Waals surface area contributed by atoms with E-state index in [1.54, 1.807) is 36.4 Å². The average molecular weight is 340 g/mol. The number of nitrogens with zero attached hydrogens (tertiary/aromatic N) is 4. The summed E-state index contributed by atoms with van der Waals surface area (Å²) < 4.78 is 14.4. The van der Waals surface area contributed by atoms with Gasteiger partial charge in [0, 0.05) is 13.1 Å². The summed E-state index contributed by atoms with van der Waals surface area (Å²) in [7, 11) is 0. The zero-order valence-corrected chi connectivity index (χ0v) is 13.7. The Morgan fingerprint density at radius 2 is 2.00 bits per heavy atom. The fourth-order valence-corrected chi connectivity index (χ4v) is 2.59. The molecule has 1 amide bonds.